The molecule has 144 valence electrons. The average Bonchev–Trinajstić information content (AvgIpc) is 2.71. The van der Waals surface area contributed by atoms with Crippen molar-refractivity contribution < 1.29 is 14.5 Å². The highest BCUT2D eigenvalue weighted by Gasteiger charge is 2.17. The van der Waals surface area contributed by atoms with Crippen molar-refractivity contribution in [3.63, 3.8) is 0 Å². The van der Waals surface area contributed by atoms with Gasteiger partial charge in [0.2, 0.25) is 0 Å². The Morgan fingerprint density at radius 1 is 1.14 bits per heavy atom. The van der Waals surface area contributed by atoms with E-state index in [-0.39, 0.29) is 18.2 Å². The second-order valence-corrected chi connectivity index (χ2v) is 6.27. The molecular formula is C21H22N3O3P. The standard InChI is InChI=1S/C21H22N3O3P/c1-15(12-13-16-8-5-7-11-19(16)28)23-27-14-17-9-4-6-10-18(17)20(24-26-3)21(25)22-2/h4-11H,14,28H2,1-3H3,(H,22,25)/b23-15+,24-20+. The van der Waals surface area contributed by atoms with E-state index < -0.39 is 0 Å². The predicted molar refractivity (Wildman–Crippen MR) is 115 cm³/mol. The molecule has 1 amide bonds. The van der Waals surface area contributed by atoms with Crippen LogP contribution >= 0.6 is 9.24 Å². The van der Waals surface area contributed by atoms with Gasteiger partial charge >= 0.3 is 0 Å². The minimum Gasteiger partial charge on any atom is -0.398 e. The Bertz CT molecular complexity index is 959. The third kappa shape index (κ3) is 5.94. The van der Waals surface area contributed by atoms with Gasteiger partial charge in [0.1, 0.15) is 19.4 Å². The summed E-state index contributed by atoms with van der Waals surface area (Å²) >= 11 is 0. The molecule has 0 heterocycles. The van der Waals surface area contributed by atoms with Gasteiger partial charge in [-0.25, -0.2) is 0 Å². The number of oxime groups is 2. The quantitative estimate of drug-likeness (QED) is 0.353. The lowest BCUT2D eigenvalue weighted by atomic mass is 10.0. The van der Waals surface area contributed by atoms with Gasteiger partial charge in [-0.2, -0.15) is 0 Å². The number of nitrogens with one attached hydrogen (secondary N) is 1. The molecule has 0 aliphatic heterocycles. The van der Waals surface area contributed by atoms with Crippen LogP contribution in [-0.4, -0.2) is 31.5 Å². The third-order valence-electron chi connectivity index (χ3n) is 3.66. The summed E-state index contributed by atoms with van der Waals surface area (Å²) in [6.45, 7) is 1.93. The van der Waals surface area contributed by atoms with Crippen LogP contribution in [0.5, 0.6) is 0 Å². The summed E-state index contributed by atoms with van der Waals surface area (Å²) in [5.41, 5.74) is 2.99. The molecule has 0 aromatic heterocycles. The van der Waals surface area contributed by atoms with E-state index in [2.05, 4.69) is 36.7 Å². The molecule has 0 radical (unpaired) electrons. The summed E-state index contributed by atoms with van der Waals surface area (Å²) in [5.74, 6) is 5.67. The van der Waals surface area contributed by atoms with Crippen molar-refractivity contribution in [1.29, 1.82) is 0 Å². The lowest BCUT2D eigenvalue weighted by molar-refractivity contribution is -0.114. The largest absolute Gasteiger partial charge is 0.398 e. The zero-order chi connectivity index (χ0) is 20.4. The van der Waals surface area contributed by atoms with Crippen LogP contribution < -0.4 is 10.6 Å². The molecule has 6 nitrogen and oxygen atoms in total. The van der Waals surface area contributed by atoms with E-state index in [1.807, 2.05) is 42.5 Å². The highest BCUT2D eigenvalue weighted by atomic mass is 31.0. The normalized spacial score (nSPS) is 11.3. The molecular weight excluding hydrogens is 373 g/mol. The number of carbonyl (C=O) groups excluding carboxylic acids is 1. The van der Waals surface area contributed by atoms with Gasteiger partial charge in [-0.1, -0.05) is 58.7 Å². The Balaban J connectivity index is 2.13. The maximum atomic E-state index is 12.1. The summed E-state index contributed by atoms with van der Waals surface area (Å²) in [5, 5.41) is 11.4. The molecule has 2 aromatic carbocycles. The molecule has 0 aliphatic carbocycles. The van der Waals surface area contributed by atoms with Gasteiger partial charge in [0, 0.05) is 23.7 Å². The van der Waals surface area contributed by atoms with Gasteiger partial charge in [-0.15, -0.1) is 9.24 Å². The SMILES string of the molecule is CNC(=O)/C(=N/OC)c1ccccc1CO/N=C(\C)C#Cc1ccccc1P. The average molecular weight is 395 g/mol. The first-order valence-electron chi connectivity index (χ1n) is 8.51. The zero-order valence-corrected chi connectivity index (χ0v) is 17.2. The van der Waals surface area contributed by atoms with Crippen LogP contribution in [0.4, 0.5) is 0 Å². The highest BCUT2D eigenvalue weighted by molar-refractivity contribution is 7.27. The first-order chi connectivity index (χ1) is 13.6. The van der Waals surface area contributed by atoms with E-state index in [1.165, 1.54) is 14.2 Å². The van der Waals surface area contributed by atoms with Crippen molar-refractivity contribution in [2.24, 2.45) is 10.3 Å². The number of amides is 1. The lowest BCUT2D eigenvalue weighted by Gasteiger charge is -2.09. The summed E-state index contributed by atoms with van der Waals surface area (Å²) in [6.07, 6.45) is 0. The van der Waals surface area contributed by atoms with Gasteiger partial charge in [0.15, 0.2) is 5.71 Å². The second-order valence-electron chi connectivity index (χ2n) is 5.65. The lowest BCUT2D eigenvalue weighted by Crippen LogP contribution is -2.29. The van der Waals surface area contributed by atoms with Crippen LogP contribution in [0.15, 0.2) is 58.8 Å². The molecule has 0 bridgehead atoms. The number of rotatable bonds is 6. The molecule has 1 unspecified atom stereocenters. The highest BCUT2D eigenvalue weighted by Crippen LogP contribution is 2.12. The fourth-order valence-corrected chi connectivity index (χ4v) is 2.57. The number of hydrogen-bond acceptors (Lipinski definition) is 5. The minimum atomic E-state index is -0.351. The van der Waals surface area contributed by atoms with Crippen LogP contribution in [0, 0.1) is 11.8 Å². The number of nitrogens with zero attached hydrogens (tertiary/aromatic N) is 2. The zero-order valence-electron chi connectivity index (χ0n) is 16.0. The molecule has 0 fully saturated rings. The molecule has 1 N–H and O–H groups in total. The van der Waals surface area contributed by atoms with Crippen LogP contribution in [-0.2, 0) is 21.1 Å². The van der Waals surface area contributed by atoms with E-state index in [1.54, 1.807) is 13.0 Å². The molecule has 2 rings (SSSR count). The first kappa shape index (κ1) is 21.1. The van der Waals surface area contributed by atoms with Crippen LogP contribution in [0.3, 0.4) is 0 Å². The molecule has 0 saturated heterocycles. The molecule has 0 spiro atoms. The van der Waals surface area contributed by atoms with E-state index >= 15 is 0 Å². The maximum Gasteiger partial charge on any atom is 0.273 e. The fraction of sp³-hybridized carbons (Fsp3) is 0.190. The van der Waals surface area contributed by atoms with Crippen molar-refractivity contribution in [3.8, 4) is 11.8 Å². The van der Waals surface area contributed by atoms with Crippen LogP contribution in [0.2, 0.25) is 0 Å². The van der Waals surface area contributed by atoms with Crippen molar-refractivity contribution in [2.75, 3.05) is 14.2 Å². The summed E-state index contributed by atoms with van der Waals surface area (Å²) in [7, 11) is 5.58. The monoisotopic (exact) mass is 395 g/mol. The fourth-order valence-electron chi connectivity index (χ4n) is 2.29. The van der Waals surface area contributed by atoms with Crippen LogP contribution in [0.1, 0.15) is 23.6 Å². The number of benzene rings is 2. The van der Waals surface area contributed by atoms with Crippen molar-refractivity contribution in [1.82, 2.24) is 5.32 Å². The van der Waals surface area contributed by atoms with E-state index in [9.17, 15) is 4.79 Å². The predicted octanol–water partition coefficient (Wildman–Crippen LogP) is 2.23. The van der Waals surface area contributed by atoms with Gasteiger partial charge in [-0.05, 0) is 24.2 Å². The molecule has 1 atom stereocenters. The smallest absolute Gasteiger partial charge is 0.273 e. The molecule has 2 aromatic rings. The Morgan fingerprint density at radius 2 is 1.86 bits per heavy atom. The van der Waals surface area contributed by atoms with E-state index in [0.29, 0.717) is 11.3 Å². The van der Waals surface area contributed by atoms with Gasteiger partial charge in [-0.3, -0.25) is 4.79 Å². The van der Waals surface area contributed by atoms with E-state index in [4.69, 9.17) is 9.68 Å². The van der Waals surface area contributed by atoms with Gasteiger partial charge in [0.25, 0.3) is 5.91 Å². The Morgan fingerprint density at radius 3 is 2.57 bits per heavy atom. The Hall–Kier alpha value is -3.16. The molecule has 7 heteroatoms. The maximum absolute atomic E-state index is 12.1. The van der Waals surface area contributed by atoms with Crippen molar-refractivity contribution >= 4 is 31.9 Å². The number of hydrogen-bond donors (Lipinski definition) is 1. The van der Waals surface area contributed by atoms with Crippen molar-refractivity contribution in [3.05, 3.63) is 65.2 Å². The van der Waals surface area contributed by atoms with E-state index in [0.717, 1.165) is 16.4 Å². The molecule has 0 saturated carbocycles. The van der Waals surface area contributed by atoms with Gasteiger partial charge < -0.3 is 15.0 Å². The van der Waals surface area contributed by atoms with Crippen molar-refractivity contribution in [2.45, 2.75) is 13.5 Å². The summed E-state index contributed by atoms with van der Waals surface area (Å²) in [6, 6.07) is 15.1. The summed E-state index contributed by atoms with van der Waals surface area (Å²) < 4.78 is 0. The first-order valence-corrected chi connectivity index (χ1v) is 9.09. The van der Waals surface area contributed by atoms with Crippen LogP contribution in [0.25, 0.3) is 0 Å². The molecule has 0 aliphatic rings. The third-order valence-corrected chi connectivity index (χ3v) is 4.16. The second kappa shape index (κ2) is 10.9. The topological polar surface area (TPSA) is 72.3 Å². The van der Waals surface area contributed by atoms with Gasteiger partial charge in [0.05, 0.1) is 0 Å². The Kier molecular flexibility index (Phi) is 8.20. The molecule has 28 heavy (non-hydrogen) atoms. The number of carbonyl (C=O) groups is 1. The number of likely N-dealkylation sites (N-methyl/N-ethyl adjacent to an activating group) is 1. The minimum absolute atomic E-state index is 0.162. The summed E-state index contributed by atoms with van der Waals surface area (Å²) in [4.78, 5) is 22.3. The Labute approximate surface area is 167 Å².